The molecule has 0 aliphatic heterocycles. The number of fused-ring (bicyclic) bond motifs is 1. The van der Waals surface area contributed by atoms with Crippen LogP contribution in [-0.2, 0) is 11.3 Å². The highest BCUT2D eigenvalue weighted by Crippen LogP contribution is 2.25. The first kappa shape index (κ1) is 20.6. The Morgan fingerprint density at radius 2 is 1.74 bits per heavy atom. The van der Waals surface area contributed by atoms with Crippen LogP contribution in [0.2, 0.25) is 5.02 Å². The summed E-state index contributed by atoms with van der Waals surface area (Å²) >= 11 is 5.92. The summed E-state index contributed by atoms with van der Waals surface area (Å²) in [4.78, 5) is 24.3. The van der Waals surface area contributed by atoms with Crippen molar-refractivity contribution in [1.82, 2.24) is 15.1 Å². The van der Waals surface area contributed by atoms with Crippen LogP contribution in [0.3, 0.4) is 0 Å². The summed E-state index contributed by atoms with van der Waals surface area (Å²) < 4.78 is 7.02. The SMILES string of the molecule is O=C(COc1cccc2ccccc12)NCCn1nc(-c2ccc(Cl)cc2)ccc1=O. The molecule has 0 fully saturated rings. The second-order valence-corrected chi connectivity index (χ2v) is 7.34. The molecule has 1 heterocycles. The van der Waals surface area contributed by atoms with Gasteiger partial charge in [0.25, 0.3) is 11.5 Å². The molecule has 3 aromatic carbocycles. The van der Waals surface area contributed by atoms with Crippen LogP contribution in [0, 0.1) is 0 Å². The Balaban J connectivity index is 1.33. The maximum atomic E-state index is 12.2. The molecule has 4 rings (SSSR count). The third-order valence-corrected chi connectivity index (χ3v) is 5.01. The fraction of sp³-hybridized carbons (Fsp3) is 0.125. The van der Waals surface area contributed by atoms with Gasteiger partial charge in [-0.05, 0) is 29.7 Å². The van der Waals surface area contributed by atoms with Crippen LogP contribution >= 0.6 is 11.6 Å². The molecule has 0 bridgehead atoms. The maximum Gasteiger partial charge on any atom is 0.266 e. The zero-order valence-electron chi connectivity index (χ0n) is 16.6. The molecule has 1 aromatic heterocycles. The lowest BCUT2D eigenvalue weighted by atomic mass is 10.1. The van der Waals surface area contributed by atoms with E-state index in [4.69, 9.17) is 16.3 Å². The smallest absolute Gasteiger partial charge is 0.266 e. The summed E-state index contributed by atoms with van der Waals surface area (Å²) in [5, 5.41) is 9.77. The quantitative estimate of drug-likeness (QED) is 0.479. The van der Waals surface area contributed by atoms with Crippen molar-refractivity contribution in [2.75, 3.05) is 13.2 Å². The van der Waals surface area contributed by atoms with Gasteiger partial charge in [0.2, 0.25) is 0 Å². The van der Waals surface area contributed by atoms with E-state index in [0.29, 0.717) is 16.5 Å². The van der Waals surface area contributed by atoms with Crippen LogP contribution in [0.5, 0.6) is 5.75 Å². The van der Waals surface area contributed by atoms with E-state index in [1.165, 1.54) is 10.7 Å². The number of carbonyl (C=O) groups is 1. The summed E-state index contributed by atoms with van der Waals surface area (Å²) in [6, 6.07) is 23.9. The Kier molecular flexibility index (Phi) is 6.29. The minimum absolute atomic E-state index is 0.110. The van der Waals surface area contributed by atoms with Crippen molar-refractivity contribution < 1.29 is 9.53 Å². The Hall–Kier alpha value is -3.64. The molecular weight excluding hydrogens is 414 g/mol. The van der Waals surface area contributed by atoms with Crippen molar-refractivity contribution in [3.63, 3.8) is 0 Å². The van der Waals surface area contributed by atoms with Crippen molar-refractivity contribution in [1.29, 1.82) is 0 Å². The Bertz CT molecular complexity index is 1260. The molecule has 156 valence electrons. The molecule has 1 amide bonds. The molecule has 7 heteroatoms. The van der Waals surface area contributed by atoms with Crippen molar-refractivity contribution >= 4 is 28.3 Å². The first-order chi connectivity index (χ1) is 15.1. The van der Waals surface area contributed by atoms with E-state index in [1.807, 2.05) is 54.6 Å². The maximum absolute atomic E-state index is 12.2. The molecule has 4 aromatic rings. The number of amides is 1. The number of hydrogen-bond donors (Lipinski definition) is 1. The van der Waals surface area contributed by atoms with Crippen molar-refractivity contribution in [2.24, 2.45) is 0 Å². The number of carbonyl (C=O) groups excluding carboxylic acids is 1. The highest BCUT2D eigenvalue weighted by Gasteiger charge is 2.07. The first-order valence-corrected chi connectivity index (χ1v) is 10.2. The number of ether oxygens (including phenoxy) is 1. The van der Waals surface area contributed by atoms with Crippen LogP contribution < -0.4 is 15.6 Å². The molecule has 0 saturated heterocycles. The van der Waals surface area contributed by atoms with Crippen LogP contribution in [-0.4, -0.2) is 28.8 Å². The minimum Gasteiger partial charge on any atom is -0.483 e. The number of benzene rings is 3. The fourth-order valence-corrected chi connectivity index (χ4v) is 3.33. The Labute approximate surface area is 184 Å². The molecular formula is C24H20ClN3O3. The van der Waals surface area contributed by atoms with Crippen LogP contribution in [0.1, 0.15) is 0 Å². The van der Waals surface area contributed by atoms with E-state index in [1.54, 1.807) is 18.2 Å². The number of hydrogen-bond acceptors (Lipinski definition) is 4. The number of rotatable bonds is 7. The Morgan fingerprint density at radius 1 is 0.968 bits per heavy atom. The van der Waals surface area contributed by atoms with Crippen LogP contribution in [0.25, 0.3) is 22.0 Å². The zero-order chi connectivity index (χ0) is 21.6. The molecule has 6 nitrogen and oxygen atoms in total. The molecule has 1 N–H and O–H groups in total. The predicted octanol–water partition coefficient (Wildman–Crippen LogP) is 3.91. The summed E-state index contributed by atoms with van der Waals surface area (Å²) in [7, 11) is 0. The average Bonchev–Trinajstić information content (AvgIpc) is 2.79. The fourth-order valence-electron chi connectivity index (χ4n) is 3.20. The van der Waals surface area contributed by atoms with E-state index in [-0.39, 0.29) is 31.2 Å². The average molecular weight is 434 g/mol. The molecule has 31 heavy (non-hydrogen) atoms. The number of nitrogens with one attached hydrogen (secondary N) is 1. The Morgan fingerprint density at radius 3 is 2.58 bits per heavy atom. The van der Waals surface area contributed by atoms with E-state index < -0.39 is 0 Å². The first-order valence-electron chi connectivity index (χ1n) is 9.81. The third kappa shape index (κ3) is 5.10. The number of nitrogens with zero attached hydrogens (tertiary/aromatic N) is 2. The van der Waals surface area contributed by atoms with Gasteiger partial charge in [0.05, 0.1) is 12.2 Å². The van der Waals surface area contributed by atoms with Gasteiger partial charge in [0.15, 0.2) is 6.61 Å². The van der Waals surface area contributed by atoms with Gasteiger partial charge in [-0.3, -0.25) is 9.59 Å². The minimum atomic E-state index is -0.269. The monoisotopic (exact) mass is 433 g/mol. The lowest BCUT2D eigenvalue weighted by Gasteiger charge is -2.11. The van der Waals surface area contributed by atoms with Gasteiger partial charge in [0.1, 0.15) is 5.75 Å². The topological polar surface area (TPSA) is 73.2 Å². The van der Waals surface area contributed by atoms with Gasteiger partial charge in [-0.15, -0.1) is 0 Å². The van der Waals surface area contributed by atoms with Gasteiger partial charge < -0.3 is 10.1 Å². The summed E-state index contributed by atoms with van der Waals surface area (Å²) in [6.45, 7) is 0.399. The van der Waals surface area contributed by atoms with Crippen molar-refractivity contribution in [3.8, 4) is 17.0 Å². The largest absolute Gasteiger partial charge is 0.483 e. The second-order valence-electron chi connectivity index (χ2n) is 6.90. The summed E-state index contributed by atoms with van der Waals surface area (Å²) in [5.41, 5.74) is 1.27. The van der Waals surface area contributed by atoms with Gasteiger partial charge in [0, 0.05) is 28.6 Å². The molecule has 0 aliphatic carbocycles. The molecule has 0 spiro atoms. The molecule has 0 saturated carbocycles. The van der Waals surface area contributed by atoms with E-state index in [0.717, 1.165) is 16.3 Å². The molecule has 0 radical (unpaired) electrons. The van der Waals surface area contributed by atoms with Gasteiger partial charge >= 0.3 is 0 Å². The van der Waals surface area contributed by atoms with E-state index >= 15 is 0 Å². The van der Waals surface area contributed by atoms with Crippen LogP contribution in [0.15, 0.2) is 83.7 Å². The van der Waals surface area contributed by atoms with Gasteiger partial charge in [-0.2, -0.15) is 5.10 Å². The van der Waals surface area contributed by atoms with Crippen molar-refractivity contribution in [2.45, 2.75) is 6.54 Å². The molecule has 0 aliphatic rings. The van der Waals surface area contributed by atoms with Crippen molar-refractivity contribution in [3.05, 3.63) is 94.2 Å². The van der Waals surface area contributed by atoms with E-state index in [2.05, 4.69) is 10.4 Å². The van der Waals surface area contributed by atoms with E-state index in [9.17, 15) is 9.59 Å². The lowest BCUT2D eigenvalue weighted by molar-refractivity contribution is -0.123. The van der Waals surface area contributed by atoms with Crippen LogP contribution in [0.4, 0.5) is 0 Å². The molecule has 0 atom stereocenters. The number of halogens is 1. The van der Waals surface area contributed by atoms with Gasteiger partial charge in [-0.1, -0.05) is 60.1 Å². The summed E-state index contributed by atoms with van der Waals surface area (Å²) in [5.74, 6) is 0.386. The number of aromatic nitrogens is 2. The standard InChI is InChI=1S/C24H20ClN3O3/c25-19-10-8-18(9-11-19)21-12-13-24(30)28(27-21)15-14-26-23(29)16-31-22-7-3-5-17-4-1-2-6-20(17)22/h1-13H,14-16H2,(H,26,29). The third-order valence-electron chi connectivity index (χ3n) is 4.76. The molecule has 0 unspecified atom stereocenters. The highest BCUT2D eigenvalue weighted by atomic mass is 35.5. The predicted molar refractivity (Wildman–Crippen MR) is 121 cm³/mol. The summed E-state index contributed by atoms with van der Waals surface area (Å²) in [6.07, 6.45) is 0. The highest BCUT2D eigenvalue weighted by molar-refractivity contribution is 6.30. The second kappa shape index (κ2) is 9.45. The normalized spacial score (nSPS) is 10.7. The van der Waals surface area contributed by atoms with Gasteiger partial charge in [-0.25, -0.2) is 4.68 Å². The zero-order valence-corrected chi connectivity index (χ0v) is 17.4. The lowest BCUT2D eigenvalue weighted by Crippen LogP contribution is -2.34.